The average molecular weight is 300 g/mol. The topological polar surface area (TPSA) is 50.7 Å². The maximum absolute atomic E-state index is 4.75. The number of aromatic nitrogens is 3. The van der Waals surface area contributed by atoms with E-state index in [4.69, 9.17) is 9.97 Å². The largest absolute Gasteiger partial charge is 0.370 e. The van der Waals surface area contributed by atoms with Crippen molar-refractivity contribution >= 4 is 17.6 Å². The molecule has 110 valence electrons. The molecule has 0 spiro atoms. The molecule has 1 N–H and O–H groups in total. The number of rotatable bonds is 4. The van der Waals surface area contributed by atoms with Gasteiger partial charge in [0, 0.05) is 29.8 Å². The van der Waals surface area contributed by atoms with Crippen molar-refractivity contribution in [2.75, 3.05) is 11.9 Å². The molecule has 0 radical (unpaired) electrons. The summed E-state index contributed by atoms with van der Waals surface area (Å²) >= 11 is 1.90. The van der Waals surface area contributed by atoms with E-state index in [0.717, 1.165) is 58.6 Å². The minimum Gasteiger partial charge on any atom is -0.370 e. The van der Waals surface area contributed by atoms with Gasteiger partial charge in [0.25, 0.3) is 0 Å². The lowest BCUT2D eigenvalue weighted by molar-refractivity contribution is 0.952. The van der Waals surface area contributed by atoms with E-state index in [1.165, 1.54) is 5.56 Å². The number of thioether (sulfide) groups is 1. The Morgan fingerprint density at radius 3 is 2.86 bits per heavy atom. The molecule has 2 aromatic heterocycles. The molecule has 0 amide bonds. The Hall–Kier alpha value is -1.62. The minimum atomic E-state index is 0.743. The van der Waals surface area contributed by atoms with Crippen LogP contribution in [0.4, 0.5) is 5.82 Å². The molecule has 21 heavy (non-hydrogen) atoms. The summed E-state index contributed by atoms with van der Waals surface area (Å²) in [4.78, 5) is 14.0. The highest BCUT2D eigenvalue weighted by Crippen LogP contribution is 2.34. The Morgan fingerprint density at radius 1 is 1.24 bits per heavy atom. The Labute approximate surface area is 129 Å². The molecular weight excluding hydrogens is 280 g/mol. The van der Waals surface area contributed by atoms with Crippen molar-refractivity contribution in [3.63, 3.8) is 0 Å². The lowest BCUT2D eigenvalue weighted by Gasteiger charge is -2.12. The van der Waals surface area contributed by atoms with E-state index in [9.17, 15) is 0 Å². The van der Waals surface area contributed by atoms with Crippen LogP contribution in [0.15, 0.2) is 12.3 Å². The minimum absolute atomic E-state index is 0.743. The van der Waals surface area contributed by atoms with E-state index in [1.54, 1.807) is 0 Å². The average Bonchev–Trinajstić information content (AvgIpc) is 2.93. The number of anilines is 1. The number of nitrogens with zero attached hydrogens (tertiary/aromatic N) is 3. The van der Waals surface area contributed by atoms with Gasteiger partial charge >= 0.3 is 0 Å². The van der Waals surface area contributed by atoms with Crippen LogP contribution in [-0.4, -0.2) is 21.5 Å². The quantitative estimate of drug-likeness (QED) is 0.932. The van der Waals surface area contributed by atoms with Gasteiger partial charge in [0.15, 0.2) is 5.82 Å². The zero-order valence-electron chi connectivity index (χ0n) is 12.7. The van der Waals surface area contributed by atoms with E-state index in [-0.39, 0.29) is 0 Å². The highest BCUT2D eigenvalue weighted by molar-refractivity contribution is 7.98. The van der Waals surface area contributed by atoms with E-state index in [2.05, 4.69) is 37.1 Å². The van der Waals surface area contributed by atoms with Crippen molar-refractivity contribution < 1.29 is 0 Å². The first kappa shape index (κ1) is 14.3. The molecule has 5 heteroatoms. The molecule has 0 fully saturated rings. The van der Waals surface area contributed by atoms with Crippen LogP contribution in [0.5, 0.6) is 0 Å². The molecule has 0 aliphatic carbocycles. The van der Waals surface area contributed by atoms with Crippen LogP contribution in [0.3, 0.4) is 0 Å². The normalized spacial score (nSPS) is 13.3. The Morgan fingerprint density at radius 2 is 2.10 bits per heavy atom. The van der Waals surface area contributed by atoms with Crippen LogP contribution in [0, 0.1) is 13.8 Å². The zero-order chi connectivity index (χ0) is 14.8. The van der Waals surface area contributed by atoms with Crippen LogP contribution in [0.25, 0.3) is 11.5 Å². The molecule has 1 aliphatic heterocycles. The molecule has 0 saturated heterocycles. The fourth-order valence-corrected chi connectivity index (χ4v) is 3.54. The number of pyridine rings is 1. The van der Waals surface area contributed by atoms with Crippen LogP contribution in [-0.2, 0) is 11.5 Å². The van der Waals surface area contributed by atoms with Crippen molar-refractivity contribution in [3.05, 3.63) is 34.6 Å². The Bertz CT molecular complexity index is 670. The molecule has 0 saturated carbocycles. The predicted octanol–water partition coefficient (Wildman–Crippen LogP) is 3.72. The molecule has 0 atom stereocenters. The number of hydrogen-bond donors (Lipinski definition) is 1. The van der Waals surface area contributed by atoms with Gasteiger partial charge < -0.3 is 5.32 Å². The van der Waals surface area contributed by atoms with Crippen molar-refractivity contribution in [1.82, 2.24) is 15.0 Å². The predicted molar refractivity (Wildman–Crippen MR) is 88.5 cm³/mol. The van der Waals surface area contributed by atoms with Gasteiger partial charge in [-0.1, -0.05) is 13.0 Å². The van der Waals surface area contributed by atoms with Gasteiger partial charge in [-0.25, -0.2) is 9.97 Å². The second kappa shape index (κ2) is 6.02. The lowest BCUT2D eigenvalue weighted by atomic mass is 10.1. The summed E-state index contributed by atoms with van der Waals surface area (Å²) in [5, 5.41) is 3.44. The van der Waals surface area contributed by atoms with Crippen molar-refractivity contribution in [2.24, 2.45) is 0 Å². The summed E-state index contributed by atoms with van der Waals surface area (Å²) in [6.07, 6.45) is 2.97. The third-order valence-corrected chi connectivity index (χ3v) is 4.52. The maximum atomic E-state index is 4.75. The Balaban J connectivity index is 2.06. The summed E-state index contributed by atoms with van der Waals surface area (Å²) in [6.45, 7) is 7.22. The molecule has 4 nitrogen and oxygen atoms in total. The van der Waals surface area contributed by atoms with Crippen LogP contribution >= 0.6 is 11.8 Å². The van der Waals surface area contributed by atoms with Crippen LogP contribution in [0.1, 0.15) is 35.7 Å². The molecule has 1 aliphatic rings. The smallest absolute Gasteiger partial charge is 0.180 e. The van der Waals surface area contributed by atoms with Crippen LogP contribution < -0.4 is 5.32 Å². The third kappa shape index (κ3) is 2.88. The number of aryl methyl sites for hydroxylation is 2. The molecule has 3 rings (SSSR count). The second-order valence-electron chi connectivity index (χ2n) is 5.42. The van der Waals surface area contributed by atoms with Gasteiger partial charge in [0.2, 0.25) is 0 Å². The van der Waals surface area contributed by atoms with Crippen molar-refractivity contribution in [1.29, 1.82) is 0 Å². The highest BCUT2D eigenvalue weighted by atomic mass is 32.2. The van der Waals surface area contributed by atoms with E-state index in [0.29, 0.717) is 0 Å². The summed E-state index contributed by atoms with van der Waals surface area (Å²) in [5.74, 6) is 3.70. The molecule has 0 bridgehead atoms. The van der Waals surface area contributed by atoms with Gasteiger partial charge in [-0.2, -0.15) is 11.8 Å². The monoisotopic (exact) mass is 300 g/mol. The molecule has 2 aromatic rings. The fourth-order valence-electron chi connectivity index (χ4n) is 2.50. The number of nitrogens with one attached hydrogen (secondary N) is 1. The zero-order valence-corrected chi connectivity index (χ0v) is 13.5. The standard InChI is InChI=1S/C16H20N4S/c1-4-5-17-15-12-8-21-9-13(12)19-16(20-15)14-11(3)6-10(2)7-18-14/h6-7H,4-5,8-9H2,1-3H3,(H,17,19,20). The van der Waals surface area contributed by atoms with Crippen molar-refractivity contribution in [2.45, 2.75) is 38.7 Å². The fraction of sp³-hybridized carbons (Fsp3) is 0.438. The third-order valence-electron chi connectivity index (χ3n) is 3.55. The first-order valence-corrected chi connectivity index (χ1v) is 8.49. The van der Waals surface area contributed by atoms with Gasteiger partial charge in [-0.15, -0.1) is 0 Å². The first-order valence-electron chi connectivity index (χ1n) is 7.34. The van der Waals surface area contributed by atoms with Crippen LogP contribution in [0.2, 0.25) is 0 Å². The van der Waals surface area contributed by atoms with E-state index < -0.39 is 0 Å². The van der Waals surface area contributed by atoms with E-state index >= 15 is 0 Å². The molecular formula is C16H20N4S. The molecule has 3 heterocycles. The number of fused-ring (bicyclic) bond motifs is 1. The molecule has 0 aromatic carbocycles. The SMILES string of the molecule is CCCNc1nc(-c2ncc(C)cc2C)nc2c1CSC2. The summed E-state index contributed by atoms with van der Waals surface area (Å²) in [5.41, 5.74) is 5.60. The molecule has 0 unspecified atom stereocenters. The van der Waals surface area contributed by atoms with Gasteiger partial charge in [0.1, 0.15) is 11.5 Å². The number of hydrogen-bond acceptors (Lipinski definition) is 5. The van der Waals surface area contributed by atoms with Gasteiger partial charge in [-0.05, 0) is 31.4 Å². The lowest BCUT2D eigenvalue weighted by Crippen LogP contribution is -2.08. The highest BCUT2D eigenvalue weighted by Gasteiger charge is 2.21. The Kier molecular flexibility index (Phi) is 4.10. The van der Waals surface area contributed by atoms with Gasteiger partial charge in [-0.3, -0.25) is 4.98 Å². The van der Waals surface area contributed by atoms with E-state index in [1.807, 2.05) is 18.0 Å². The summed E-state index contributed by atoms with van der Waals surface area (Å²) < 4.78 is 0. The summed E-state index contributed by atoms with van der Waals surface area (Å²) in [6, 6.07) is 2.13. The summed E-state index contributed by atoms with van der Waals surface area (Å²) in [7, 11) is 0. The van der Waals surface area contributed by atoms with Crippen molar-refractivity contribution in [3.8, 4) is 11.5 Å². The maximum Gasteiger partial charge on any atom is 0.180 e. The first-order chi connectivity index (χ1) is 10.2. The van der Waals surface area contributed by atoms with Gasteiger partial charge in [0.05, 0.1) is 5.69 Å². The second-order valence-corrected chi connectivity index (χ2v) is 6.40.